The Bertz CT molecular complexity index is 1040. The highest BCUT2D eigenvalue weighted by Gasteiger charge is 2.21. The minimum atomic E-state index is 0.0161. The first-order chi connectivity index (χ1) is 13.6. The van der Waals surface area contributed by atoms with Crippen molar-refractivity contribution in [2.24, 2.45) is 0 Å². The van der Waals surface area contributed by atoms with Gasteiger partial charge in [-0.15, -0.1) is 0 Å². The van der Waals surface area contributed by atoms with Crippen molar-refractivity contribution in [3.8, 4) is 17.1 Å². The molecule has 3 aromatic rings. The molecule has 0 N–H and O–H groups in total. The fraction of sp³-hybridized carbons (Fsp3) is 0.348. The van der Waals surface area contributed by atoms with Crippen LogP contribution in [0.25, 0.3) is 22.3 Å². The topological polar surface area (TPSA) is 45.9 Å². The van der Waals surface area contributed by atoms with E-state index in [0.29, 0.717) is 28.8 Å². The molecule has 146 valence electrons. The molecule has 1 saturated heterocycles. The van der Waals surface area contributed by atoms with Gasteiger partial charge in [0.1, 0.15) is 17.1 Å². The molecule has 1 fully saturated rings. The van der Waals surface area contributed by atoms with Crippen molar-refractivity contribution in [2.75, 3.05) is 40.3 Å². The van der Waals surface area contributed by atoms with E-state index in [4.69, 9.17) is 9.15 Å². The molecule has 0 bridgehead atoms. The Balaban J connectivity index is 1.87. The van der Waals surface area contributed by atoms with Crippen molar-refractivity contribution in [1.29, 1.82) is 0 Å². The molecule has 5 nitrogen and oxygen atoms in total. The van der Waals surface area contributed by atoms with Gasteiger partial charge in [0.2, 0.25) is 0 Å². The summed E-state index contributed by atoms with van der Waals surface area (Å²) in [5.74, 6) is 1.39. The van der Waals surface area contributed by atoms with E-state index in [1.165, 1.54) is 0 Å². The van der Waals surface area contributed by atoms with Crippen molar-refractivity contribution >= 4 is 11.0 Å². The van der Waals surface area contributed by atoms with Gasteiger partial charge in [0.15, 0.2) is 5.43 Å². The van der Waals surface area contributed by atoms with E-state index in [1.807, 2.05) is 49.4 Å². The molecule has 0 aliphatic carbocycles. The number of fused-ring (bicyclic) bond motifs is 1. The number of hydrogen-bond donors (Lipinski definition) is 0. The number of ether oxygens (including phenoxy) is 1. The quantitative estimate of drug-likeness (QED) is 0.695. The normalized spacial score (nSPS) is 15.8. The van der Waals surface area contributed by atoms with Gasteiger partial charge < -0.3 is 14.1 Å². The summed E-state index contributed by atoms with van der Waals surface area (Å²) in [6, 6.07) is 13.5. The number of rotatable bonds is 4. The number of methoxy groups -OCH3 is 1. The largest absolute Gasteiger partial charge is 0.496 e. The lowest BCUT2D eigenvalue weighted by atomic mass is 10.0. The van der Waals surface area contributed by atoms with E-state index in [-0.39, 0.29) is 5.43 Å². The molecule has 2 heterocycles. The third-order valence-corrected chi connectivity index (χ3v) is 5.58. The van der Waals surface area contributed by atoms with Crippen molar-refractivity contribution in [3.05, 3.63) is 63.8 Å². The third kappa shape index (κ3) is 3.43. The van der Waals surface area contributed by atoms with Gasteiger partial charge in [0.05, 0.1) is 18.1 Å². The SMILES string of the molecule is COc1ccc2c(=O)c(C)c(-c3ccccc3)oc2c1CN1CCN(C)CC1. The predicted octanol–water partition coefficient (Wildman–Crippen LogP) is 3.52. The van der Waals surface area contributed by atoms with Crippen LogP contribution >= 0.6 is 0 Å². The highest BCUT2D eigenvalue weighted by molar-refractivity contribution is 5.85. The van der Waals surface area contributed by atoms with Gasteiger partial charge in [-0.25, -0.2) is 0 Å². The molecule has 2 aromatic carbocycles. The fourth-order valence-corrected chi connectivity index (χ4v) is 3.82. The van der Waals surface area contributed by atoms with E-state index in [2.05, 4.69) is 16.8 Å². The second kappa shape index (κ2) is 7.78. The summed E-state index contributed by atoms with van der Waals surface area (Å²) in [4.78, 5) is 17.8. The van der Waals surface area contributed by atoms with Gasteiger partial charge in [-0.2, -0.15) is 0 Å². The Morgan fingerprint density at radius 1 is 1.04 bits per heavy atom. The first-order valence-corrected chi connectivity index (χ1v) is 9.68. The molecule has 0 radical (unpaired) electrons. The standard InChI is InChI=1S/C23H26N2O3/c1-16-21(26)18-9-10-20(27-3)19(15-25-13-11-24(2)12-14-25)23(18)28-22(16)17-7-5-4-6-8-17/h4-10H,11-15H2,1-3H3. The summed E-state index contributed by atoms with van der Waals surface area (Å²) in [7, 11) is 3.81. The summed E-state index contributed by atoms with van der Waals surface area (Å²) < 4.78 is 12.0. The van der Waals surface area contributed by atoms with Gasteiger partial charge in [-0.05, 0) is 26.1 Å². The fourth-order valence-electron chi connectivity index (χ4n) is 3.82. The molecule has 1 aliphatic rings. The maximum Gasteiger partial charge on any atom is 0.196 e. The average molecular weight is 378 g/mol. The maximum absolute atomic E-state index is 13.1. The molecule has 0 atom stereocenters. The van der Waals surface area contributed by atoms with E-state index in [1.54, 1.807) is 7.11 Å². The van der Waals surface area contributed by atoms with Crippen LogP contribution in [0.4, 0.5) is 0 Å². The molecule has 1 aromatic heterocycles. The van der Waals surface area contributed by atoms with E-state index < -0.39 is 0 Å². The molecular weight excluding hydrogens is 352 g/mol. The number of piperazine rings is 1. The van der Waals surface area contributed by atoms with Crippen LogP contribution < -0.4 is 10.2 Å². The lowest BCUT2D eigenvalue weighted by Crippen LogP contribution is -2.43. The van der Waals surface area contributed by atoms with Gasteiger partial charge in [0.25, 0.3) is 0 Å². The summed E-state index contributed by atoms with van der Waals surface area (Å²) in [6.07, 6.45) is 0. The minimum Gasteiger partial charge on any atom is -0.496 e. The molecule has 0 amide bonds. The molecule has 0 spiro atoms. The highest BCUT2D eigenvalue weighted by atomic mass is 16.5. The van der Waals surface area contributed by atoms with Crippen LogP contribution in [-0.4, -0.2) is 50.1 Å². The third-order valence-electron chi connectivity index (χ3n) is 5.58. The van der Waals surface area contributed by atoms with Crippen LogP contribution in [0, 0.1) is 6.92 Å². The van der Waals surface area contributed by atoms with Crippen molar-refractivity contribution < 1.29 is 9.15 Å². The van der Waals surface area contributed by atoms with Crippen LogP contribution in [-0.2, 0) is 6.54 Å². The minimum absolute atomic E-state index is 0.0161. The number of hydrogen-bond acceptors (Lipinski definition) is 5. The Labute approximate surface area is 165 Å². The van der Waals surface area contributed by atoms with Crippen LogP contribution in [0.5, 0.6) is 5.75 Å². The van der Waals surface area contributed by atoms with E-state index in [9.17, 15) is 4.79 Å². The van der Waals surface area contributed by atoms with Crippen molar-refractivity contribution in [1.82, 2.24) is 9.80 Å². The van der Waals surface area contributed by atoms with Crippen LogP contribution in [0.2, 0.25) is 0 Å². The first kappa shape index (κ1) is 18.7. The monoisotopic (exact) mass is 378 g/mol. The lowest BCUT2D eigenvalue weighted by molar-refractivity contribution is 0.147. The Hall–Kier alpha value is -2.63. The summed E-state index contributed by atoms with van der Waals surface area (Å²) in [5.41, 5.74) is 3.13. The first-order valence-electron chi connectivity index (χ1n) is 9.68. The number of benzene rings is 2. The van der Waals surface area contributed by atoms with Crippen LogP contribution in [0.15, 0.2) is 51.7 Å². The Morgan fingerprint density at radius 3 is 2.43 bits per heavy atom. The van der Waals surface area contributed by atoms with Gasteiger partial charge in [0, 0.05) is 43.9 Å². The number of likely N-dealkylation sites (N-methyl/N-ethyl adjacent to an activating group) is 1. The van der Waals surface area contributed by atoms with Gasteiger partial charge in [-0.3, -0.25) is 9.69 Å². The predicted molar refractivity (Wildman–Crippen MR) is 112 cm³/mol. The molecule has 4 rings (SSSR count). The van der Waals surface area contributed by atoms with Gasteiger partial charge in [-0.1, -0.05) is 30.3 Å². The van der Waals surface area contributed by atoms with Crippen LogP contribution in [0.3, 0.4) is 0 Å². The van der Waals surface area contributed by atoms with Crippen molar-refractivity contribution in [3.63, 3.8) is 0 Å². The summed E-state index contributed by atoms with van der Waals surface area (Å²) >= 11 is 0. The zero-order valence-electron chi connectivity index (χ0n) is 16.7. The zero-order valence-corrected chi connectivity index (χ0v) is 16.7. The maximum atomic E-state index is 13.1. The average Bonchev–Trinajstić information content (AvgIpc) is 2.73. The molecule has 1 aliphatic heterocycles. The number of nitrogens with zero attached hydrogens (tertiary/aromatic N) is 2. The van der Waals surface area contributed by atoms with E-state index >= 15 is 0 Å². The summed E-state index contributed by atoms with van der Waals surface area (Å²) in [6.45, 7) is 6.57. The van der Waals surface area contributed by atoms with Crippen molar-refractivity contribution in [2.45, 2.75) is 13.5 Å². The molecule has 28 heavy (non-hydrogen) atoms. The Kier molecular flexibility index (Phi) is 5.20. The summed E-state index contributed by atoms with van der Waals surface area (Å²) in [5, 5.41) is 0.613. The van der Waals surface area contributed by atoms with Gasteiger partial charge >= 0.3 is 0 Å². The van der Waals surface area contributed by atoms with E-state index in [0.717, 1.165) is 43.1 Å². The highest BCUT2D eigenvalue weighted by Crippen LogP contribution is 2.32. The molecule has 0 unspecified atom stereocenters. The lowest BCUT2D eigenvalue weighted by Gasteiger charge is -2.32. The second-order valence-corrected chi connectivity index (χ2v) is 7.45. The molecule has 0 saturated carbocycles. The Morgan fingerprint density at radius 2 is 1.75 bits per heavy atom. The van der Waals surface area contributed by atoms with Crippen LogP contribution in [0.1, 0.15) is 11.1 Å². The zero-order chi connectivity index (χ0) is 19.7. The molecule has 5 heteroatoms. The molecular formula is C23H26N2O3. The second-order valence-electron chi connectivity index (χ2n) is 7.45. The smallest absolute Gasteiger partial charge is 0.196 e.